The van der Waals surface area contributed by atoms with Crippen molar-refractivity contribution in [1.29, 1.82) is 0 Å². The lowest BCUT2D eigenvalue weighted by Crippen LogP contribution is -2.38. The van der Waals surface area contributed by atoms with Gasteiger partial charge in [-0.25, -0.2) is 4.21 Å². The van der Waals surface area contributed by atoms with Gasteiger partial charge in [-0.15, -0.1) is 0 Å². The van der Waals surface area contributed by atoms with E-state index in [9.17, 15) is 9.00 Å². The van der Waals surface area contributed by atoms with Crippen LogP contribution in [0.3, 0.4) is 0 Å². The van der Waals surface area contributed by atoms with E-state index in [1.807, 2.05) is 39.3 Å². The first-order valence-corrected chi connectivity index (χ1v) is 13.2. The molecule has 0 amide bonds. The van der Waals surface area contributed by atoms with E-state index in [1.54, 1.807) is 6.92 Å². The number of hydrogen-bond acceptors (Lipinski definition) is 4. The molecular weight excluding hydrogens is 260 g/mol. The summed E-state index contributed by atoms with van der Waals surface area (Å²) in [6.45, 7) is 13.1. The summed E-state index contributed by atoms with van der Waals surface area (Å²) in [6, 6.07) is 0. The average Bonchev–Trinajstić information content (AvgIpc) is 1.96. The number of carbonyl (C=O) groups excluding carboxylic acids is 1. The Hall–Kier alpha value is 0.0138. The Kier molecular flexibility index (Phi) is 5.57. The highest BCUT2D eigenvalue weighted by molar-refractivity contribution is 7.82. The van der Waals surface area contributed by atoms with Gasteiger partial charge in [0, 0.05) is 0 Å². The number of carbonyl (C=O) groups is 1. The molecule has 0 aromatic heterocycles. The third kappa shape index (κ3) is 7.31. The van der Waals surface area contributed by atoms with Crippen LogP contribution in [-0.4, -0.2) is 32.1 Å². The van der Waals surface area contributed by atoms with E-state index in [4.69, 9.17) is 8.30 Å². The molecule has 4 nitrogen and oxygen atoms in total. The van der Waals surface area contributed by atoms with Gasteiger partial charge in [-0.05, 0) is 46.2 Å². The largest absolute Gasteiger partial charge is 0.519 e. The van der Waals surface area contributed by atoms with Crippen molar-refractivity contribution in [2.45, 2.75) is 51.5 Å². The Balaban J connectivity index is 4.40. The van der Waals surface area contributed by atoms with Crippen LogP contribution in [0, 0.1) is 0 Å². The molecule has 0 rings (SSSR count). The second kappa shape index (κ2) is 5.57. The Morgan fingerprint density at radius 3 is 1.81 bits per heavy atom. The summed E-state index contributed by atoms with van der Waals surface area (Å²) in [6.07, 6.45) is 0. The fourth-order valence-electron chi connectivity index (χ4n) is 0.782. The monoisotopic (exact) mass is 282 g/mol. The molecule has 0 radical (unpaired) electrons. The summed E-state index contributed by atoms with van der Waals surface area (Å²) >= 11 is -1.59. The minimum Gasteiger partial charge on any atom is -0.519 e. The normalized spacial score (nSPS) is 16.7. The predicted octanol–water partition coefficient (Wildman–Crippen LogP) is 2.27. The Morgan fingerprint density at radius 1 is 1.06 bits per heavy atom. The SMILES string of the molecule is CC(C(=O)O[Si](C)(C)C)S(=O)O[Si](C)(C)C. The van der Waals surface area contributed by atoms with Gasteiger partial charge >= 0.3 is 5.97 Å². The van der Waals surface area contributed by atoms with E-state index in [-0.39, 0.29) is 0 Å². The first-order chi connectivity index (χ1) is 6.92. The second-order valence-corrected chi connectivity index (χ2v) is 16.2. The zero-order chi connectivity index (χ0) is 13.1. The van der Waals surface area contributed by atoms with Crippen LogP contribution in [0.4, 0.5) is 0 Å². The Labute approximate surface area is 103 Å². The van der Waals surface area contributed by atoms with Gasteiger partial charge in [-0.3, -0.25) is 4.79 Å². The van der Waals surface area contributed by atoms with Gasteiger partial charge in [0.05, 0.1) is 0 Å². The molecule has 0 saturated carbocycles. The third-order valence-electron chi connectivity index (χ3n) is 1.36. The molecule has 7 heteroatoms. The van der Waals surface area contributed by atoms with Crippen LogP contribution in [0.15, 0.2) is 0 Å². The Bertz CT molecular complexity index is 252. The lowest BCUT2D eigenvalue weighted by atomic mass is 10.5. The predicted molar refractivity (Wildman–Crippen MR) is 71.5 cm³/mol. The van der Waals surface area contributed by atoms with Crippen LogP contribution in [0.1, 0.15) is 6.92 Å². The minimum atomic E-state index is -1.92. The minimum absolute atomic E-state index is 0.421. The van der Waals surface area contributed by atoms with Crippen molar-refractivity contribution in [3.05, 3.63) is 0 Å². The van der Waals surface area contributed by atoms with Gasteiger partial charge in [-0.1, -0.05) is 0 Å². The van der Waals surface area contributed by atoms with Gasteiger partial charge in [0.15, 0.2) is 16.3 Å². The standard InChI is InChI=1S/C9H22O4SSi2/c1-8(9(10)12-15(2,3)4)14(11)13-16(5,6)7/h8H,1-7H3. The first-order valence-electron chi connectivity index (χ1n) is 5.25. The number of hydrogen-bond donors (Lipinski definition) is 0. The van der Waals surface area contributed by atoms with Crippen LogP contribution in [0.2, 0.25) is 39.3 Å². The van der Waals surface area contributed by atoms with Crippen LogP contribution in [0.25, 0.3) is 0 Å². The zero-order valence-electron chi connectivity index (χ0n) is 11.1. The second-order valence-electron chi connectivity index (χ2n) is 5.63. The molecule has 2 atom stereocenters. The number of rotatable bonds is 5. The molecule has 0 spiro atoms. The molecular formula is C9H22O4SSi2. The molecule has 0 aromatic rings. The van der Waals surface area contributed by atoms with Crippen molar-refractivity contribution in [2.24, 2.45) is 0 Å². The molecule has 0 aliphatic heterocycles. The molecule has 0 aromatic carbocycles. The zero-order valence-corrected chi connectivity index (χ0v) is 13.9. The van der Waals surface area contributed by atoms with E-state index < -0.39 is 38.9 Å². The summed E-state index contributed by atoms with van der Waals surface area (Å²) in [7, 11) is -3.80. The first kappa shape index (κ1) is 16.0. The van der Waals surface area contributed by atoms with E-state index >= 15 is 0 Å². The van der Waals surface area contributed by atoms with Gasteiger partial charge in [0.1, 0.15) is 0 Å². The molecule has 2 unspecified atom stereocenters. The van der Waals surface area contributed by atoms with Crippen LogP contribution in [-0.2, 0) is 24.2 Å². The molecule has 0 N–H and O–H groups in total. The fraction of sp³-hybridized carbons (Fsp3) is 0.889. The highest BCUT2D eigenvalue weighted by atomic mass is 32.2. The highest BCUT2D eigenvalue weighted by Crippen LogP contribution is 2.12. The van der Waals surface area contributed by atoms with Gasteiger partial charge < -0.3 is 8.30 Å². The van der Waals surface area contributed by atoms with Gasteiger partial charge in [-0.2, -0.15) is 0 Å². The van der Waals surface area contributed by atoms with E-state index in [2.05, 4.69) is 0 Å². The van der Waals surface area contributed by atoms with Crippen molar-refractivity contribution in [3.8, 4) is 0 Å². The van der Waals surface area contributed by atoms with Crippen molar-refractivity contribution >= 4 is 33.7 Å². The molecule has 0 aliphatic carbocycles. The lowest BCUT2D eigenvalue weighted by Gasteiger charge is -2.22. The van der Waals surface area contributed by atoms with Crippen molar-refractivity contribution in [1.82, 2.24) is 0 Å². The quantitative estimate of drug-likeness (QED) is 0.726. The Morgan fingerprint density at radius 2 is 1.50 bits per heavy atom. The molecule has 0 fully saturated rings. The fourth-order valence-corrected chi connectivity index (χ4v) is 4.40. The third-order valence-corrected chi connectivity index (χ3v) is 5.60. The highest BCUT2D eigenvalue weighted by Gasteiger charge is 2.30. The maximum atomic E-state index is 11.7. The summed E-state index contributed by atoms with van der Waals surface area (Å²) in [5.41, 5.74) is 0. The van der Waals surface area contributed by atoms with E-state index in [1.165, 1.54) is 0 Å². The van der Waals surface area contributed by atoms with E-state index in [0.717, 1.165) is 0 Å². The van der Waals surface area contributed by atoms with E-state index in [0.29, 0.717) is 0 Å². The van der Waals surface area contributed by atoms with Crippen molar-refractivity contribution in [2.75, 3.05) is 0 Å². The molecule has 16 heavy (non-hydrogen) atoms. The van der Waals surface area contributed by atoms with Gasteiger partial charge in [0.25, 0.3) is 0 Å². The van der Waals surface area contributed by atoms with Crippen LogP contribution in [0.5, 0.6) is 0 Å². The molecule has 0 aliphatic rings. The molecule has 96 valence electrons. The van der Waals surface area contributed by atoms with Crippen molar-refractivity contribution in [3.63, 3.8) is 0 Å². The summed E-state index contributed by atoms with van der Waals surface area (Å²) in [5.74, 6) is -0.421. The van der Waals surface area contributed by atoms with Crippen LogP contribution < -0.4 is 0 Å². The topological polar surface area (TPSA) is 52.6 Å². The molecule has 0 heterocycles. The summed E-state index contributed by atoms with van der Waals surface area (Å²) in [4.78, 5) is 11.6. The maximum absolute atomic E-state index is 11.7. The van der Waals surface area contributed by atoms with Crippen LogP contribution >= 0.6 is 0 Å². The van der Waals surface area contributed by atoms with Crippen molar-refractivity contribution < 1.29 is 17.3 Å². The smallest absolute Gasteiger partial charge is 0.310 e. The summed E-state index contributed by atoms with van der Waals surface area (Å²) in [5, 5.41) is -0.710. The van der Waals surface area contributed by atoms with Gasteiger partial charge in [0.2, 0.25) is 16.6 Å². The summed E-state index contributed by atoms with van der Waals surface area (Å²) < 4.78 is 22.4. The lowest BCUT2D eigenvalue weighted by molar-refractivity contribution is -0.134. The average molecular weight is 283 g/mol. The molecule has 0 saturated heterocycles. The molecule has 0 bridgehead atoms. The maximum Gasteiger partial charge on any atom is 0.310 e.